The SMILES string of the molecule is Cc1ccc(OCC(=O)N(C)CC(C)C(=O)O)c(Br)c1. The molecule has 20 heavy (non-hydrogen) atoms. The van der Waals surface area contributed by atoms with Gasteiger partial charge in [0, 0.05) is 13.6 Å². The van der Waals surface area contributed by atoms with E-state index in [0.717, 1.165) is 10.0 Å². The van der Waals surface area contributed by atoms with Crippen LogP contribution in [0.2, 0.25) is 0 Å². The average molecular weight is 344 g/mol. The van der Waals surface area contributed by atoms with Crippen LogP contribution in [0.25, 0.3) is 0 Å². The highest BCUT2D eigenvalue weighted by atomic mass is 79.9. The van der Waals surface area contributed by atoms with Crippen LogP contribution in [0.1, 0.15) is 12.5 Å². The molecule has 0 aliphatic carbocycles. The molecule has 0 bridgehead atoms. The Labute approximate surface area is 126 Å². The molecule has 5 nitrogen and oxygen atoms in total. The molecule has 1 aromatic carbocycles. The smallest absolute Gasteiger partial charge is 0.308 e. The number of nitrogens with zero attached hydrogens (tertiary/aromatic N) is 1. The van der Waals surface area contributed by atoms with Gasteiger partial charge in [0.1, 0.15) is 5.75 Å². The normalized spacial score (nSPS) is 11.8. The molecule has 0 heterocycles. The van der Waals surface area contributed by atoms with Crippen LogP contribution in [0, 0.1) is 12.8 Å². The predicted molar refractivity (Wildman–Crippen MR) is 78.8 cm³/mol. The van der Waals surface area contributed by atoms with Gasteiger partial charge in [-0.1, -0.05) is 13.0 Å². The number of hydrogen-bond donors (Lipinski definition) is 1. The van der Waals surface area contributed by atoms with Crippen LogP contribution in [0.5, 0.6) is 5.75 Å². The molecule has 0 aliphatic rings. The van der Waals surface area contributed by atoms with Crippen molar-refractivity contribution in [1.82, 2.24) is 4.90 Å². The molecule has 0 saturated carbocycles. The molecular formula is C14H18BrNO4. The quantitative estimate of drug-likeness (QED) is 0.860. The van der Waals surface area contributed by atoms with E-state index in [9.17, 15) is 9.59 Å². The molecule has 0 aliphatic heterocycles. The maximum atomic E-state index is 11.8. The number of aryl methyl sites for hydroxylation is 1. The van der Waals surface area contributed by atoms with Gasteiger partial charge in [0.2, 0.25) is 0 Å². The Morgan fingerprint density at radius 1 is 1.45 bits per heavy atom. The fourth-order valence-electron chi connectivity index (χ4n) is 1.56. The van der Waals surface area contributed by atoms with E-state index >= 15 is 0 Å². The van der Waals surface area contributed by atoms with Crippen molar-refractivity contribution in [3.05, 3.63) is 28.2 Å². The molecule has 0 saturated heterocycles. The summed E-state index contributed by atoms with van der Waals surface area (Å²) < 4.78 is 6.22. The molecular weight excluding hydrogens is 326 g/mol. The fourth-order valence-corrected chi connectivity index (χ4v) is 2.17. The lowest BCUT2D eigenvalue weighted by Gasteiger charge is -2.19. The lowest BCUT2D eigenvalue weighted by Crippen LogP contribution is -2.36. The van der Waals surface area contributed by atoms with Crippen molar-refractivity contribution < 1.29 is 19.4 Å². The van der Waals surface area contributed by atoms with E-state index in [2.05, 4.69) is 15.9 Å². The van der Waals surface area contributed by atoms with Crippen LogP contribution in [0.3, 0.4) is 0 Å². The van der Waals surface area contributed by atoms with E-state index in [4.69, 9.17) is 9.84 Å². The molecule has 110 valence electrons. The van der Waals surface area contributed by atoms with Crippen LogP contribution < -0.4 is 4.74 Å². The minimum Gasteiger partial charge on any atom is -0.483 e. The summed E-state index contributed by atoms with van der Waals surface area (Å²) in [5.74, 6) is -1.20. The Morgan fingerprint density at radius 2 is 2.10 bits per heavy atom. The number of carbonyl (C=O) groups is 2. The maximum Gasteiger partial charge on any atom is 0.308 e. The summed E-state index contributed by atoms with van der Waals surface area (Å²) in [6, 6.07) is 5.57. The van der Waals surface area contributed by atoms with E-state index < -0.39 is 11.9 Å². The molecule has 1 rings (SSSR count). The van der Waals surface area contributed by atoms with Gasteiger partial charge in [-0.25, -0.2) is 0 Å². The molecule has 1 unspecified atom stereocenters. The third-order valence-electron chi connectivity index (χ3n) is 2.83. The number of aliphatic carboxylic acids is 1. The van der Waals surface area contributed by atoms with Gasteiger partial charge in [-0.15, -0.1) is 0 Å². The number of carboxylic acid groups (broad SMARTS) is 1. The fraction of sp³-hybridized carbons (Fsp3) is 0.429. The number of amides is 1. The summed E-state index contributed by atoms with van der Waals surface area (Å²) in [6.45, 7) is 3.56. The van der Waals surface area contributed by atoms with Crippen molar-refractivity contribution in [3.8, 4) is 5.75 Å². The van der Waals surface area contributed by atoms with Crippen molar-refractivity contribution >= 4 is 27.8 Å². The van der Waals surface area contributed by atoms with Crippen molar-refractivity contribution in [1.29, 1.82) is 0 Å². The third-order valence-corrected chi connectivity index (χ3v) is 3.45. The molecule has 6 heteroatoms. The Balaban J connectivity index is 2.52. The van der Waals surface area contributed by atoms with Crippen molar-refractivity contribution in [3.63, 3.8) is 0 Å². The maximum absolute atomic E-state index is 11.8. The molecule has 1 amide bonds. The summed E-state index contributed by atoms with van der Waals surface area (Å²) in [5, 5.41) is 8.81. The molecule has 1 aromatic rings. The minimum absolute atomic E-state index is 0.121. The van der Waals surface area contributed by atoms with Gasteiger partial charge in [0.15, 0.2) is 6.61 Å². The first-order valence-corrected chi connectivity index (χ1v) is 6.96. The van der Waals surface area contributed by atoms with Crippen LogP contribution in [0.4, 0.5) is 0 Å². The molecule has 1 atom stereocenters. The highest BCUT2D eigenvalue weighted by Crippen LogP contribution is 2.25. The second-order valence-electron chi connectivity index (χ2n) is 4.74. The highest BCUT2D eigenvalue weighted by molar-refractivity contribution is 9.10. The largest absolute Gasteiger partial charge is 0.483 e. The molecule has 0 aromatic heterocycles. The number of carboxylic acids is 1. The Hall–Kier alpha value is -1.56. The van der Waals surface area contributed by atoms with Crippen molar-refractivity contribution in [2.24, 2.45) is 5.92 Å². The summed E-state index contributed by atoms with van der Waals surface area (Å²) in [5.41, 5.74) is 1.09. The van der Waals surface area contributed by atoms with E-state index in [1.54, 1.807) is 20.0 Å². The van der Waals surface area contributed by atoms with E-state index in [0.29, 0.717) is 5.75 Å². The van der Waals surface area contributed by atoms with Crippen molar-refractivity contribution in [2.45, 2.75) is 13.8 Å². The Kier molecular flexibility index (Phi) is 6.01. The number of benzene rings is 1. The van der Waals surface area contributed by atoms with Gasteiger partial charge in [0.25, 0.3) is 5.91 Å². The topological polar surface area (TPSA) is 66.8 Å². The summed E-state index contributed by atoms with van der Waals surface area (Å²) >= 11 is 3.37. The van der Waals surface area contributed by atoms with E-state index in [1.165, 1.54) is 4.90 Å². The number of carbonyl (C=O) groups excluding carboxylic acids is 1. The number of rotatable bonds is 6. The monoisotopic (exact) mass is 343 g/mol. The first kappa shape index (κ1) is 16.5. The average Bonchev–Trinajstić information content (AvgIpc) is 2.37. The van der Waals surface area contributed by atoms with Gasteiger partial charge >= 0.3 is 5.97 Å². The van der Waals surface area contributed by atoms with E-state index in [1.807, 2.05) is 19.1 Å². The zero-order chi connectivity index (χ0) is 15.3. The second-order valence-corrected chi connectivity index (χ2v) is 5.59. The Morgan fingerprint density at radius 3 is 2.65 bits per heavy atom. The lowest BCUT2D eigenvalue weighted by atomic mass is 10.2. The van der Waals surface area contributed by atoms with Crippen LogP contribution in [-0.4, -0.2) is 42.1 Å². The predicted octanol–water partition coefficient (Wildman–Crippen LogP) is 2.32. The zero-order valence-electron chi connectivity index (χ0n) is 11.7. The van der Waals surface area contributed by atoms with Gasteiger partial charge < -0.3 is 14.7 Å². The van der Waals surface area contributed by atoms with E-state index in [-0.39, 0.29) is 19.1 Å². The Bertz CT molecular complexity index is 504. The lowest BCUT2D eigenvalue weighted by molar-refractivity contribution is -0.143. The van der Waals surface area contributed by atoms with Crippen LogP contribution >= 0.6 is 15.9 Å². The number of likely N-dealkylation sites (N-methyl/N-ethyl adjacent to an activating group) is 1. The standard InChI is InChI=1S/C14H18BrNO4/c1-9-4-5-12(11(15)6-9)20-8-13(17)16(3)7-10(2)14(18)19/h4-6,10H,7-8H2,1-3H3,(H,18,19). The molecule has 0 spiro atoms. The van der Waals surface area contributed by atoms with Crippen LogP contribution in [0.15, 0.2) is 22.7 Å². The number of hydrogen-bond acceptors (Lipinski definition) is 3. The summed E-state index contributed by atoms with van der Waals surface area (Å²) in [7, 11) is 1.56. The number of halogens is 1. The third kappa shape index (κ3) is 4.85. The second kappa shape index (κ2) is 7.28. The minimum atomic E-state index is -0.924. The zero-order valence-corrected chi connectivity index (χ0v) is 13.3. The summed E-state index contributed by atoms with van der Waals surface area (Å²) in [4.78, 5) is 23.9. The first-order chi connectivity index (χ1) is 9.31. The van der Waals surface area contributed by atoms with Crippen LogP contribution in [-0.2, 0) is 9.59 Å². The highest BCUT2D eigenvalue weighted by Gasteiger charge is 2.17. The number of ether oxygens (including phenoxy) is 1. The van der Waals surface area contributed by atoms with Gasteiger partial charge in [0.05, 0.1) is 10.4 Å². The molecule has 1 N–H and O–H groups in total. The molecule has 0 radical (unpaired) electrons. The van der Waals surface area contributed by atoms with Gasteiger partial charge in [-0.3, -0.25) is 9.59 Å². The van der Waals surface area contributed by atoms with Gasteiger partial charge in [-0.05, 0) is 40.5 Å². The molecule has 0 fully saturated rings. The van der Waals surface area contributed by atoms with Gasteiger partial charge in [-0.2, -0.15) is 0 Å². The summed E-state index contributed by atoms with van der Waals surface area (Å²) in [6.07, 6.45) is 0. The van der Waals surface area contributed by atoms with Crippen molar-refractivity contribution in [2.75, 3.05) is 20.2 Å². The first-order valence-electron chi connectivity index (χ1n) is 6.17.